The lowest BCUT2D eigenvalue weighted by atomic mass is 9.76. The Morgan fingerprint density at radius 2 is 1.80 bits per heavy atom. The number of hydrogen-bond donors (Lipinski definition) is 3. The van der Waals surface area contributed by atoms with Crippen LogP contribution in [0.3, 0.4) is 0 Å². The number of aliphatic hydroxyl groups excluding tert-OH is 1. The van der Waals surface area contributed by atoms with Crippen LogP contribution in [0.25, 0.3) is 0 Å². The average Bonchev–Trinajstić information content (AvgIpc) is 3.04. The summed E-state index contributed by atoms with van der Waals surface area (Å²) >= 11 is 0. The van der Waals surface area contributed by atoms with Crippen LogP contribution >= 0.6 is 0 Å². The van der Waals surface area contributed by atoms with Gasteiger partial charge in [0.1, 0.15) is 11.6 Å². The number of likely N-dealkylation sites (tertiary alicyclic amines) is 1. The highest BCUT2D eigenvalue weighted by Gasteiger charge is 2.52. The molecule has 2 rings (SSSR count). The van der Waals surface area contributed by atoms with Crippen molar-refractivity contribution in [1.29, 1.82) is 0 Å². The number of carbonyl (C=O) groups excluding carboxylic acids is 3. The molecule has 0 unspecified atom stereocenters. The zero-order valence-corrected chi connectivity index (χ0v) is 15.7. The van der Waals surface area contributed by atoms with Crippen molar-refractivity contribution in [1.82, 2.24) is 15.5 Å². The highest BCUT2D eigenvalue weighted by molar-refractivity contribution is 5.96. The lowest BCUT2D eigenvalue weighted by molar-refractivity contribution is -0.154. The standard InChI is InChI=1S/C18H31N3O4/c1-17(2,3)15(24)20-18(10-6-5-9-13(18)22)16(25)21-11-7-8-12(21)14(23)19-4/h12-13,22H,5-11H2,1-4H3,(H,19,23)(H,20,24)/t12-,13+,18-/m0/s1. The van der Waals surface area contributed by atoms with Gasteiger partial charge >= 0.3 is 0 Å². The van der Waals surface area contributed by atoms with E-state index in [0.29, 0.717) is 25.8 Å². The number of likely N-dealkylation sites (N-methyl/N-ethyl adjacent to an activating group) is 1. The largest absolute Gasteiger partial charge is 0.390 e. The minimum absolute atomic E-state index is 0.201. The van der Waals surface area contributed by atoms with Gasteiger partial charge in [0, 0.05) is 19.0 Å². The van der Waals surface area contributed by atoms with Crippen LogP contribution in [0.4, 0.5) is 0 Å². The van der Waals surface area contributed by atoms with Crippen molar-refractivity contribution in [3.8, 4) is 0 Å². The van der Waals surface area contributed by atoms with Crippen LogP contribution in [0.2, 0.25) is 0 Å². The fraction of sp³-hybridized carbons (Fsp3) is 0.833. The van der Waals surface area contributed by atoms with Crippen molar-refractivity contribution in [2.75, 3.05) is 13.6 Å². The Morgan fingerprint density at radius 1 is 1.12 bits per heavy atom. The van der Waals surface area contributed by atoms with Crippen molar-refractivity contribution in [3.63, 3.8) is 0 Å². The first kappa shape index (κ1) is 19.7. The molecule has 0 spiro atoms. The summed E-state index contributed by atoms with van der Waals surface area (Å²) in [5, 5.41) is 16.1. The Hall–Kier alpha value is -1.63. The monoisotopic (exact) mass is 353 g/mol. The quantitative estimate of drug-likeness (QED) is 0.690. The number of amides is 3. The molecular formula is C18H31N3O4. The second kappa shape index (κ2) is 7.32. The SMILES string of the molecule is CNC(=O)[C@@H]1CCCN1C(=O)[C@]1(NC(=O)C(C)(C)C)CCCC[C@H]1O. The fourth-order valence-electron chi connectivity index (χ4n) is 3.70. The molecular weight excluding hydrogens is 322 g/mol. The van der Waals surface area contributed by atoms with E-state index in [9.17, 15) is 19.5 Å². The van der Waals surface area contributed by atoms with Crippen molar-refractivity contribution in [2.45, 2.75) is 77.0 Å². The Kier molecular flexibility index (Phi) is 5.76. The summed E-state index contributed by atoms with van der Waals surface area (Å²) in [7, 11) is 1.55. The third-order valence-corrected chi connectivity index (χ3v) is 5.33. The molecule has 142 valence electrons. The van der Waals surface area contributed by atoms with E-state index in [1.165, 1.54) is 4.90 Å². The van der Waals surface area contributed by atoms with Gasteiger partial charge in [0.25, 0.3) is 5.91 Å². The van der Waals surface area contributed by atoms with Crippen molar-refractivity contribution in [2.24, 2.45) is 5.41 Å². The van der Waals surface area contributed by atoms with Gasteiger partial charge in [0.05, 0.1) is 6.10 Å². The molecule has 0 aromatic heterocycles. The molecule has 2 aliphatic rings. The van der Waals surface area contributed by atoms with E-state index < -0.39 is 23.1 Å². The normalized spacial score (nSPS) is 30.0. The van der Waals surface area contributed by atoms with E-state index in [1.54, 1.807) is 27.8 Å². The van der Waals surface area contributed by atoms with Crippen molar-refractivity contribution >= 4 is 17.7 Å². The summed E-state index contributed by atoms with van der Waals surface area (Å²) < 4.78 is 0. The number of aliphatic hydroxyl groups is 1. The van der Waals surface area contributed by atoms with Crippen LogP contribution in [0.15, 0.2) is 0 Å². The maximum absolute atomic E-state index is 13.4. The molecule has 0 aromatic rings. The number of rotatable bonds is 3. The second-order valence-corrected chi connectivity index (χ2v) is 8.21. The Labute approximate surface area is 149 Å². The molecule has 3 atom stereocenters. The Morgan fingerprint density at radius 3 is 2.36 bits per heavy atom. The molecule has 0 aromatic carbocycles. The molecule has 0 bridgehead atoms. The van der Waals surface area contributed by atoms with E-state index in [4.69, 9.17) is 0 Å². The average molecular weight is 353 g/mol. The van der Waals surface area contributed by atoms with Crippen molar-refractivity contribution < 1.29 is 19.5 Å². The molecule has 1 saturated heterocycles. The van der Waals surface area contributed by atoms with Gasteiger partial charge < -0.3 is 20.6 Å². The van der Waals surface area contributed by atoms with Crippen LogP contribution < -0.4 is 10.6 Å². The molecule has 0 radical (unpaired) electrons. The van der Waals surface area contributed by atoms with Gasteiger partial charge in [-0.1, -0.05) is 33.6 Å². The second-order valence-electron chi connectivity index (χ2n) is 8.21. The summed E-state index contributed by atoms with van der Waals surface area (Å²) in [4.78, 5) is 39.7. The zero-order chi connectivity index (χ0) is 18.8. The van der Waals surface area contributed by atoms with Crippen LogP contribution in [0.5, 0.6) is 0 Å². The van der Waals surface area contributed by atoms with Gasteiger partial charge in [-0.3, -0.25) is 14.4 Å². The predicted molar refractivity (Wildman–Crippen MR) is 93.6 cm³/mol. The Bertz CT molecular complexity index is 543. The molecule has 7 heteroatoms. The summed E-state index contributed by atoms with van der Waals surface area (Å²) in [6, 6.07) is -0.532. The lowest BCUT2D eigenvalue weighted by Gasteiger charge is -2.44. The number of nitrogens with one attached hydrogen (secondary N) is 2. The highest BCUT2D eigenvalue weighted by Crippen LogP contribution is 2.34. The third kappa shape index (κ3) is 3.81. The predicted octanol–water partition coefficient (Wildman–Crippen LogP) is 0.559. The fourth-order valence-corrected chi connectivity index (χ4v) is 3.70. The van der Waals surface area contributed by atoms with E-state index in [2.05, 4.69) is 10.6 Å². The van der Waals surface area contributed by atoms with Gasteiger partial charge in [0.15, 0.2) is 0 Å². The van der Waals surface area contributed by atoms with Gasteiger partial charge in [0.2, 0.25) is 11.8 Å². The summed E-state index contributed by atoms with van der Waals surface area (Å²) in [5.41, 5.74) is -2.01. The van der Waals surface area contributed by atoms with E-state index in [0.717, 1.165) is 19.3 Å². The van der Waals surface area contributed by atoms with E-state index in [-0.39, 0.29) is 17.7 Å². The Balaban J connectivity index is 2.33. The van der Waals surface area contributed by atoms with E-state index in [1.807, 2.05) is 0 Å². The number of hydrogen-bond acceptors (Lipinski definition) is 4. The van der Waals surface area contributed by atoms with Gasteiger partial charge in [-0.2, -0.15) is 0 Å². The minimum Gasteiger partial charge on any atom is -0.390 e. The molecule has 1 aliphatic heterocycles. The van der Waals surface area contributed by atoms with Crippen LogP contribution in [0.1, 0.15) is 59.3 Å². The minimum atomic E-state index is -1.33. The van der Waals surface area contributed by atoms with Crippen LogP contribution in [-0.2, 0) is 14.4 Å². The summed E-state index contributed by atoms with van der Waals surface area (Å²) in [6.07, 6.45) is 2.84. The first-order valence-electron chi connectivity index (χ1n) is 9.17. The maximum Gasteiger partial charge on any atom is 0.251 e. The number of nitrogens with zero attached hydrogens (tertiary/aromatic N) is 1. The zero-order valence-electron chi connectivity index (χ0n) is 15.7. The van der Waals surface area contributed by atoms with Crippen LogP contribution in [-0.4, -0.2) is 59.0 Å². The van der Waals surface area contributed by atoms with Crippen LogP contribution in [0, 0.1) is 5.41 Å². The van der Waals surface area contributed by atoms with Crippen molar-refractivity contribution in [3.05, 3.63) is 0 Å². The van der Waals surface area contributed by atoms with Gasteiger partial charge in [-0.25, -0.2) is 0 Å². The topological polar surface area (TPSA) is 98.7 Å². The molecule has 7 nitrogen and oxygen atoms in total. The molecule has 3 amide bonds. The molecule has 3 N–H and O–H groups in total. The third-order valence-electron chi connectivity index (χ3n) is 5.33. The summed E-state index contributed by atoms with van der Waals surface area (Å²) in [5.74, 6) is -0.797. The molecule has 25 heavy (non-hydrogen) atoms. The van der Waals surface area contributed by atoms with Gasteiger partial charge in [-0.05, 0) is 25.7 Å². The molecule has 1 saturated carbocycles. The molecule has 1 heterocycles. The molecule has 2 fully saturated rings. The number of carbonyl (C=O) groups is 3. The van der Waals surface area contributed by atoms with Gasteiger partial charge in [-0.15, -0.1) is 0 Å². The highest BCUT2D eigenvalue weighted by atomic mass is 16.3. The molecule has 1 aliphatic carbocycles. The van der Waals surface area contributed by atoms with E-state index >= 15 is 0 Å². The lowest BCUT2D eigenvalue weighted by Crippen LogP contribution is -2.69. The summed E-state index contributed by atoms with van der Waals surface area (Å²) in [6.45, 7) is 5.80. The smallest absolute Gasteiger partial charge is 0.251 e. The first-order valence-corrected chi connectivity index (χ1v) is 9.17. The first-order chi connectivity index (χ1) is 11.6. The maximum atomic E-state index is 13.4.